The Balaban J connectivity index is 2.83. The molecular weight excluding hydrogens is 97.5 g/mol. The van der Waals surface area contributed by atoms with E-state index in [0.717, 1.165) is 12.8 Å². The van der Waals surface area contributed by atoms with Crippen LogP contribution in [0.2, 0.25) is 0 Å². The number of rotatable bonds is 2. The molecule has 0 spiro atoms. The summed E-state index contributed by atoms with van der Waals surface area (Å²) in [6.45, 7) is 2.00. The summed E-state index contributed by atoms with van der Waals surface area (Å²) in [5.74, 6) is 0. The Morgan fingerprint density at radius 2 is 2.33 bits per heavy atom. The van der Waals surface area contributed by atoms with Crippen LogP contribution in [-0.2, 0) is 0 Å². The van der Waals surface area contributed by atoms with Crippen LogP contribution in [0.25, 0.3) is 0 Å². The van der Waals surface area contributed by atoms with Crippen molar-refractivity contribution in [2.24, 2.45) is 0 Å². The summed E-state index contributed by atoms with van der Waals surface area (Å²) in [7, 11) is 0. The fourth-order valence-electron chi connectivity index (χ4n) is 0.219. The summed E-state index contributed by atoms with van der Waals surface area (Å²) < 4.78 is 0. The van der Waals surface area contributed by atoms with Crippen LogP contribution in [0, 0.1) is 5.41 Å². The monoisotopic (exact) mass is 105 g/mol. The quantitative estimate of drug-likeness (QED) is 0.520. The predicted octanol–water partition coefficient (Wildman–Crippen LogP) is 2.00. The summed E-state index contributed by atoms with van der Waals surface area (Å²) in [6, 6.07) is 0. The van der Waals surface area contributed by atoms with Gasteiger partial charge in [-0.25, -0.2) is 0 Å². The molecule has 0 amide bonds. The Hall–Kier alpha value is -0.0400. The van der Waals surface area contributed by atoms with Gasteiger partial charge in [0.1, 0.15) is 0 Å². The van der Waals surface area contributed by atoms with Gasteiger partial charge in [0, 0.05) is 0 Å². The fraction of sp³-hybridized carbons (Fsp3) is 0.750. The van der Waals surface area contributed by atoms with Gasteiger partial charge in [-0.2, -0.15) is 0 Å². The zero-order valence-electron chi connectivity index (χ0n) is 3.79. The zero-order valence-corrected chi connectivity index (χ0v) is 4.55. The van der Waals surface area contributed by atoms with E-state index >= 15 is 0 Å². The molecule has 0 saturated carbocycles. The van der Waals surface area contributed by atoms with Crippen LogP contribution < -0.4 is 0 Å². The first-order valence-corrected chi connectivity index (χ1v) is 2.38. The third kappa shape index (κ3) is 3.96. The van der Waals surface area contributed by atoms with Crippen molar-refractivity contribution in [3.05, 3.63) is 0 Å². The van der Waals surface area contributed by atoms with Gasteiger partial charge in [0.05, 0.1) is 5.17 Å². The number of halogens is 1. The molecule has 6 heavy (non-hydrogen) atoms. The van der Waals surface area contributed by atoms with Gasteiger partial charge in [-0.05, 0) is 12.8 Å². The molecule has 0 atom stereocenters. The molecule has 36 valence electrons. The Morgan fingerprint density at radius 1 is 1.83 bits per heavy atom. The van der Waals surface area contributed by atoms with Crippen molar-refractivity contribution >= 4 is 16.8 Å². The van der Waals surface area contributed by atoms with Crippen LogP contribution >= 0.6 is 11.6 Å². The molecule has 0 aliphatic carbocycles. The van der Waals surface area contributed by atoms with Gasteiger partial charge in [0.25, 0.3) is 0 Å². The molecule has 0 heterocycles. The van der Waals surface area contributed by atoms with Gasteiger partial charge >= 0.3 is 0 Å². The lowest BCUT2D eigenvalue weighted by molar-refractivity contribution is 0.998. The lowest BCUT2D eigenvalue weighted by Gasteiger charge is -1.82. The lowest BCUT2D eigenvalue weighted by Crippen LogP contribution is -1.78. The van der Waals surface area contributed by atoms with Gasteiger partial charge in [0.2, 0.25) is 0 Å². The van der Waals surface area contributed by atoms with E-state index in [0.29, 0.717) is 0 Å². The van der Waals surface area contributed by atoms with Crippen molar-refractivity contribution in [3.63, 3.8) is 0 Å². The Kier molecular flexibility index (Phi) is 3.14. The van der Waals surface area contributed by atoms with Crippen molar-refractivity contribution in [2.75, 3.05) is 0 Å². The summed E-state index contributed by atoms with van der Waals surface area (Å²) in [5.41, 5.74) is 0. The summed E-state index contributed by atoms with van der Waals surface area (Å²) in [5, 5.41) is 6.92. The Morgan fingerprint density at radius 3 is 2.33 bits per heavy atom. The van der Waals surface area contributed by atoms with Gasteiger partial charge in [0.15, 0.2) is 0 Å². The van der Waals surface area contributed by atoms with Crippen molar-refractivity contribution in [3.8, 4) is 0 Å². The molecule has 0 aromatic heterocycles. The molecule has 0 saturated heterocycles. The van der Waals surface area contributed by atoms with Crippen LogP contribution in [0.3, 0.4) is 0 Å². The van der Waals surface area contributed by atoms with Crippen molar-refractivity contribution in [1.82, 2.24) is 0 Å². The highest BCUT2D eigenvalue weighted by atomic mass is 35.5. The highest BCUT2D eigenvalue weighted by Crippen LogP contribution is 1.91. The molecule has 0 aliphatic heterocycles. The highest BCUT2D eigenvalue weighted by molar-refractivity contribution is 6.64. The maximum absolute atomic E-state index is 6.66. The first-order chi connectivity index (χ1) is 2.77. The molecule has 1 N–H and O–H groups in total. The SMILES string of the molecule is CCCC(=N)Cl. The molecule has 0 aromatic rings. The second-order valence-corrected chi connectivity index (χ2v) is 1.61. The summed E-state index contributed by atoms with van der Waals surface area (Å²) in [4.78, 5) is 0. The topological polar surface area (TPSA) is 23.9 Å². The van der Waals surface area contributed by atoms with E-state index in [2.05, 4.69) is 0 Å². The second kappa shape index (κ2) is 3.16. The van der Waals surface area contributed by atoms with E-state index in [1.54, 1.807) is 0 Å². The van der Waals surface area contributed by atoms with Crippen LogP contribution in [0.1, 0.15) is 19.8 Å². The summed E-state index contributed by atoms with van der Waals surface area (Å²) >= 11 is 5.16. The average Bonchev–Trinajstić information content (AvgIpc) is 1.35. The lowest BCUT2D eigenvalue weighted by atomic mass is 10.4. The number of nitrogens with one attached hydrogen (secondary N) is 1. The van der Waals surface area contributed by atoms with Gasteiger partial charge < -0.3 is 0 Å². The minimum absolute atomic E-state index is 0.262. The van der Waals surface area contributed by atoms with Gasteiger partial charge in [-0.3, -0.25) is 5.41 Å². The van der Waals surface area contributed by atoms with Crippen molar-refractivity contribution in [1.29, 1.82) is 5.41 Å². The molecule has 0 aliphatic rings. The predicted molar refractivity (Wildman–Crippen MR) is 28.5 cm³/mol. The average molecular weight is 106 g/mol. The largest absolute Gasteiger partial charge is 0.293 e. The van der Waals surface area contributed by atoms with E-state index in [-0.39, 0.29) is 5.17 Å². The van der Waals surface area contributed by atoms with Crippen LogP contribution in [0.4, 0.5) is 0 Å². The van der Waals surface area contributed by atoms with Crippen molar-refractivity contribution in [2.45, 2.75) is 19.8 Å². The second-order valence-electron chi connectivity index (χ2n) is 1.15. The minimum atomic E-state index is 0.262. The van der Waals surface area contributed by atoms with Gasteiger partial charge in [-0.15, -0.1) is 0 Å². The summed E-state index contributed by atoms with van der Waals surface area (Å²) in [6.07, 6.45) is 1.70. The number of hydrogen-bond donors (Lipinski definition) is 1. The van der Waals surface area contributed by atoms with Crippen LogP contribution in [-0.4, -0.2) is 5.17 Å². The molecule has 0 rings (SSSR count). The fourth-order valence-corrected chi connectivity index (χ4v) is 0.408. The molecule has 1 nitrogen and oxygen atoms in total. The van der Waals surface area contributed by atoms with E-state index in [9.17, 15) is 0 Å². The maximum atomic E-state index is 6.66. The first-order valence-electron chi connectivity index (χ1n) is 2.00. The molecular formula is C4H8ClN. The van der Waals surface area contributed by atoms with E-state index in [1.807, 2.05) is 6.92 Å². The van der Waals surface area contributed by atoms with Crippen LogP contribution in [0.15, 0.2) is 0 Å². The highest BCUT2D eigenvalue weighted by Gasteiger charge is 1.81. The molecule has 0 radical (unpaired) electrons. The molecule has 0 aromatic carbocycles. The maximum Gasteiger partial charge on any atom is 0.0968 e. The van der Waals surface area contributed by atoms with E-state index in [4.69, 9.17) is 17.0 Å². The van der Waals surface area contributed by atoms with E-state index in [1.165, 1.54) is 0 Å². The van der Waals surface area contributed by atoms with Gasteiger partial charge in [-0.1, -0.05) is 18.5 Å². The molecule has 2 heteroatoms. The minimum Gasteiger partial charge on any atom is -0.293 e. The molecule has 0 bridgehead atoms. The number of hydrogen-bond acceptors (Lipinski definition) is 1. The normalized spacial score (nSPS) is 8.33. The van der Waals surface area contributed by atoms with E-state index < -0.39 is 0 Å². The molecule has 0 fully saturated rings. The first kappa shape index (κ1) is 5.96. The van der Waals surface area contributed by atoms with Crippen molar-refractivity contribution < 1.29 is 0 Å². The third-order valence-electron chi connectivity index (χ3n) is 0.469. The standard InChI is InChI=1S/C4H8ClN/c1-2-3-4(5)6/h6H,2-3H2,1H3. The Labute approximate surface area is 42.8 Å². The smallest absolute Gasteiger partial charge is 0.0968 e. The third-order valence-corrected chi connectivity index (χ3v) is 0.658. The molecule has 0 unspecified atom stereocenters. The van der Waals surface area contributed by atoms with Crippen LogP contribution in [0.5, 0.6) is 0 Å². The zero-order chi connectivity index (χ0) is 4.99. The Bertz CT molecular complexity index is 51.5.